The Kier molecular flexibility index (Phi) is 6.55. The summed E-state index contributed by atoms with van der Waals surface area (Å²) in [5, 5.41) is 2.79. The second kappa shape index (κ2) is 8.65. The molecule has 0 aliphatic rings. The van der Waals surface area contributed by atoms with Gasteiger partial charge < -0.3 is 14.6 Å². The molecular weight excluding hydrogens is 335 g/mol. The van der Waals surface area contributed by atoms with Gasteiger partial charge in [0.25, 0.3) is 5.91 Å². The number of carbonyl (C=O) groups excluding carboxylic acids is 2. The fourth-order valence-corrected chi connectivity index (χ4v) is 2.71. The summed E-state index contributed by atoms with van der Waals surface area (Å²) in [6, 6.07) is 7.66. The van der Waals surface area contributed by atoms with Gasteiger partial charge in [0, 0.05) is 25.6 Å². The molecule has 0 unspecified atom stereocenters. The fraction of sp³-hybridized carbons (Fsp3) is 0.400. The predicted molar refractivity (Wildman–Crippen MR) is 97.2 cm³/mol. The van der Waals surface area contributed by atoms with Crippen LogP contribution in [0.4, 0.5) is 4.39 Å². The number of halogens is 1. The van der Waals surface area contributed by atoms with Crippen LogP contribution in [0.3, 0.4) is 0 Å². The van der Waals surface area contributed by atoms with E-state index in [-0.39, 0.29) is 30.1 Å². The molecule has 0 bridgehead atoms. The van der Waals surface area contributed by atoms with Crippen LogP contribution < -0.4 is 5.32 Å². The van der Waals surface area contributed by atoms with Crippen LogP contribution >= 0.6 is 0 Å². The molecule has 2 aromatic rings. The number of amides is 2. The van der Waals surface area contributed by atoms with Crippen molar-refractivity contribution in [3.05, 3.63) is 58.8 Å². The minimum Gasteiger partial charge on any atom is -0.466 e. The summed E-state index contributed by atoms with van der Waals surface area (Å²) >= 11 is 0. The average molecular weight is 360 g/mol. The lowest BCUT2D eigenvalue weighted by Crippen LogP contribution is -2.39. The van der Waals surface area contributed by atoms with Gasteiger partial charge in [0.05, 0.1) is 5.56 Å². The highest BCUT2D eigenvalue weighted by atomic mass is 19.1. The molecule has 0 fully saturated rings. The third kappa shape index (κ3) is 5.18. The number of furan rings is 1. The Morgan fingerprint density at radius 2 is 1.85 bits per heavy atom. The molecule has 140 valence electrons. The standard InChI is InChI=1S/C20H25FN2O3/c1-13(2)23(20(25)18-11-14(3)26-15(18)4)10-9-19(24)22-12-16-5-7-17(21)8-6-16/h5-8,11,13H,9-10,12H2,1-4H3,(H,22,24). The molecule has 0 saturated heterocycles. The molecule has 1 aromatic heterocycles. The molecule has 0 radical (unpaired) electrons. The molecule has 0 atom stereocenters. The van der Waals surface area contributed by atoms with Gasteiger partial charge in [0.2, 0.25) is 5.91 Å². The summed E-state index contributed by atoms with van der Waals surface area (Å²) < 4.78 is 18.3. The maximum Gasteiger partial charge on any atom is 0.257 e. The lowest BCUT2D eigenvalue weighted by atomic mass is 10.1. The van der Waals surface area contributed by atoms with Crippen molar-refractivity contribution in [3.63, 3.8) is 0 Å². The van der Waals surface area contributed by atoms with Crippen molar-refractivity contribution in [1.82, 2.24) is 10.2 Å². The van der Waals surface area contributed by atoms with Gasteiger partial charge in [-0.2, -0.15) is 0 Å². The van der Waals surface area contributed by atoms with Gasteiger partial charge in [-0.3, -0.25) is 9.59 Å². The van der Waals surface area contributed by atoms with Crippen LogP contribution in [-0.2, 0) is 11.3 Å². The number of aryl methyl sites for hydroxylation is 2. The number of nitrogens with one attached hydrogen (secondary N) is 1. The van der Waals surface area contributed by atoms with Gasteiger partial charge in [-0.25, -0.2) is 4.39 Å². The molecule has 2 rings (SSSR count). The van der Waals surface area contributed by atoms with Crippen molar-refractivity contribution in [2.45, 2.75) is 46.7 Å². The van der Waals surface area contributed by atoms with Crippen LogP contribution in [0.5, 0.6) is 0 Å². The molecule has 0 aliphatic heterocycles. The van der Waals surface area contributed by atoms with Crippen LogP contribution in [-0.4, -0.2) is 29.3 Å². The van der Waals surface area contributed by atoms with E-state index in [2.05, 4.69) is 5.32 Å². The number of benzene rings is 1. The molecule has 0 spiro atoms. The molecule has 5 nitrogen and oxygen atoms in total. The lowest BCUT2D eigenvalue weighted by Gasteiger charge is -2.26. The first-order chi connectivity index (χ1) is 12.3. The van der Waals surface area contributed by atoms with E-state index in [9.17, 15) is 14.0 Å². The highest BCUT2D eigenvalue weighted by Crippen LogP contribution is 2.17. The van der Waals surface area contributed by atoms with Crippen LogP contribution in [0.15, 0.2) is 34.7 Å². The number of carbonyl (C=O) groups is 2. The minimum atomic E-state index is -0.309. The van der Waals surface area contributed by atoms with Crippen LogP contribution in [0.2, 0.25) is 0 Å². The van der Waals surface area contributed by atoms with E-state index in [0.29, 0.717) is 30.2 Å². The SMILES string of the molecule is Cc1cc(C(=O)N(CCC(=O)NCc2ccc(F)cc2)C(C)C)c(C)o1. The molecule has 0 aliphatic carbocycles. The second-order valence-corrected chi connectivity index (χ2v) is 6.57. The van der Waals surface area contributed by atoms with E-state index < -0.39 is 0 Å². The molecule has 26 heavy (non-hydrogen) atoms. The Balaban J connectivity index is 1.91. The molecule has 1 N–H and O–H groups in total. The minimum absolute atomic E-state index is 0.0398. The highest BCUT2D eigenvalue weighted by molar-refractivity contribution is 5.95. The van der Waals surface area contributed by atoms with E-state index in [0.717, 1.165) is 5.56 Å². The normalized spacial score (nSPS) is 10.8. The lowest BCUT2D eigenvalue weighted by molar-refractivity contribution is -0.121. The largest absolute Gasteiger partial charge is 0.466 e. The Morgan fingerprint density at radius 3 is 2.38 bits per heavy atom. The number of nitrogens with zero attached hydrogens (tertiary/aromatic N) is 1. The molecular formula is C20H25FN2O3. The summed E-state index contributed by atoms with van der Waals surface area (Å²) in [7, 11) is 0. The topological polar surface area (TPSA) is 62.6 Å². The van der Waals surface area contributed by atoms with Gasteiger partial charge in [-0.1, -0.05) is 12.1 Å². The number of rotatable bonds is 7. The zero-order valence-electron chi connectivity index (χ0n) is 15.6. The highest BCUT2D eigenvalue weighted by Gasteiger charge is 2.23. The van der Waals surface area contributed by atoms with Gasteiger partial charge in [0.15, 0.2) is 0 Å². The zero-order valence-corrected chi connectivity index (χ0v) is 15.6. The first-order valence-corrected chi connectivity index (χ1v) is 8.67. The quantitative estimate of drug-likeness (QED) is 0.821. The van der Waals surface area contributed by atoms with Gasteiger partial charge in [-0.05, 0) is 51.5 Å². The van der Waals surface area contributed by atoms with Crippen molar-refractivity contribution in [2.75, 3.05) is 6.54 Å². The summed E-state index contributed by atoms with van der Waals surface area (Å²) in [6.07, 6.45) is 0.195. The Labute approximate surface area is 153 Å². The van der Waals surface area contributed by atoms with E-state index in [1.54, 1.807) is 36.9 Å². The van der Waals surface area contributed by atoms with E-state index >= 15 is 0 Å². The molecule has 0 saturated carbocycles. The van der Waals surface area contributed by atoms with E-state index in [1.165, 1.54) is 12.1 Å². The zero-order chi connectivity index (χ0) is 19.3. The summed E-state index contributed by atoms with van der Waals surface area (Å²) in [4.78, 5) is 26.5. The predicted octanol–water partition coefficient (Wildman–Crippen LogP) is 3.59. The molecule has 2 amide bonds. The summed E-state index contributed by atoms with van der Waals surface area (Å²) in [5.74, 6) is 0.662. The average Bonchev–Trinajstić information content (AvgIpc) is 2.92. The summed E-state index contributed by atoms with van der Waals surface area (Å²) in [6.45, 7) is 8.03. The maximum atomic E-state index is 12.9. The molecule has 6 heteroatoms. The summed E-state index contributed by atoms with van der Waals surface area (Å²) in [5.41, 5.74) is 1.35. The maximum absolute atomic E-state index is 12.9. The molecule has 1 aromatic carbocycles. The van der Waals surface area contributed by atoms with Crippen molar-refractivity contribution in [2.24, 2.45) is 0 Å². The van der Waals surface area contributed by atoms with Gasteiger partial charge in [-0.15, -0.1) is 0 Å². The van der Waals surface area contributed by atoms with E-state index in [4.69, 9.17) is 4.42 Å². The Hall–Kier alpha value is -2.63. The van der Waals surface area contributed by atoms with E-state index in [1.807, 2.05) is 13.8 Å². The first kappa shape index (κ1) is 19.7. The third-order valence-corrected chi connectivity index (χ3v) is 4.14. The van der Waals surface area contributed by atoms with Crippen LogP contribution in [0, 0.1) is 19.7 Å². The number of hydrogen-bond acceptors (Lipinski definition) is 3. The van der Waals surface area contributed by atoms with Crippen molar-refractivity contribution in [3.8, 4) is 0 Å². The Bertz CT molecular complexity index is 766. The van der Waals surface area contributed by atoms with Crippen molar-refractivity contribution in [1.29, 1.82) is 0 Å². The van der Waals surface area contributed by atoms with Crippen LogP contribution in [0.25, 0.3) is 0 Å². The smallest absolute Gasteiger partial charge is 0.257 e. The second-order valence-electron chi connectivity index (χ2n) is 6.57. The third-order valence-electron chi connectivity index (χ3n) is 4.14. The monoisotopic (exact) mass is 360 g/mol. The number of hydrogen-bond donors (Lipinski definition) is 1. The first-order valence-electron chi connectivity index (χ1n) is 8.67. The van der Waals surface area contributed by atoms with Crippen molar-refractivity contribution < 1.29 is 18.4 Å². The van der Waals surface area contributed by atoms with Gasteiger partial charge >= 0.3 is 0 Å². The molecule has 1 heterocycles. The van der Waals surface area contributed by atoms with Gasteiger partial charge in [0.1, 0.15) is 17.3 Å². The fourth-order valence-electron chi connectivity index (χ4n) is 2.71. The van der Waals surface area contributed by atoms with Crippen molar-refractivity contribution >= 4 is 11.8 Å². The Morgan fingerprint density at radius 1 is 1.19 bits per heavy atom. The van der Waals surface area contributed by atoms with Crippen LogP contribution in [0.1, 0.15) is 47.7 Å².